The summed E-state index contributed by atoms with van der Waals surface area (Å²) in [6, 6.07) is 38.5. The summed E-state index contributed by atoms with van der Waals surface area (Å²) in [4.78, 5) is 95.3. The number of halogens is 1. The quantitative estimate of drug-likeness (QED) is 0.102. The third kappa shape index (κ3) is 13.1. The number of hydrogen-bond donors (Lipinski definition) is 1. The maximum absolute atomic E-state index is 13.3. The van der Waals surface area contributed by atoms with Gasteiger partial charge in [-0.05, 0) is 64.8 Å². The molecule has 0 bridgehead atoms. The molecule has 0 fully saturated rings. The fourth-order valence-electron chi connectivity index (χ4n) is 15.5. The SMILES string of the molecule is C.CN1CC=C2C(C)(C)c3oncc3CC2(c2ccccc2)C1=O.CSF.C[O-].[2H][2H].[C-]#[N+]C1=C(O)C(C)(C)C2=CCN(C)C(=O)C2(c2ccccc2)C1.[C-]#[N+]C1=C[C@@]2(c3ccccc3)C(=O)N(C)CC=C2C(C)(C)C1=O.[C-]#[N+]C1=C[C@]2(c3ccccc3)C(=O)N(C)CC=C2C(C)(C)C1=O.[Na+]. The standard InChI is InChI=1S/2C19H20N2O2.2C19H18N2O2.CH3FS.CH3O.CH4.Na.H2/c1-18(2)15-9-10-21(3)17(22)19(15,14-7-5-4-6-8-14)11-13-12-20-23-16(13)18;3*1-18(2)15-10-11-21(4)17(23)19(15,12-14(20-3)16(18)22)13-8-6-5-7-9-13;1-3-2;1-2;;;/h4-9,12H,10-11H2,1-3H3;5-10,22H,11-12H2,1-2,4H3;2*5-10,12H,11H2,1-2,4H3;1H3;1H3;1H4;;1H/q;;;;;-1;;+1;/t;;2*19-;;;;;/m..10...../s1/i;;;;;;;;1+1D. The first-order chi connectivity index (χ1) is 46.9. The van der Waals surface area contributed by atoms with Gasteiger partial charge in [0.1, 0.15) is 27.8 Å². The van der Waals surface area contributed by atoms with Crippen LogP contribution in [-0.2, 0) is 62.3 Å². The molecule has 17 nitrogen and oxygen atoms in total. The molecule has 1 N–H and O–H groups in total. The van der Waals surface area contributed by atoms with Gasteiger partial charge in [-0.15, -0.1) is 0 Å². The van der Waals surface area contributed by atoms with Gasteiger partial charge < -0.3 is 43.9 Å². The van der Waals surface area contributed by atoms with E-state index in [-0.39, 0.29) is 119 Å². The first-order valence-electron chi connectivity index (χ1n) is 32.6. The number of ketones is 2. The van der Waals surface area contributed by atoms with Crippen molar-refractivity contribution in [1.82, 2.24) is 24.8 Å². The Morgan fingerprint density at radius 2 is 0.828 bits per heavy atom. The maximum Gasteiger partial charge on any atom is 1.00 e. The molecule has 4 amide bonds. The minimum atomic E-state index is -1.06. The van der Waals surface area contributed by atoms with Crippen LogP contribution in [-0.4, -0.2) is 133 Å². The number of Topliss-reactive ketones (excluding diaryl/α,β-unsaturated/α-hetero) is 2. The minimum absolute atomic E-state index is 0. The Hall–Kier alpha value is -9.00. The largest absolute Gasteiger partial charge is 1.00 e. The van der Waals surface area contributed by atoms with E-state index in [4.69, 9.17) is 32.3 Å². The molecule has 0 saturated carbocycles. The van der Waals surface area contributed by atoms with Gasteiger partial charge in [-0.3, -0.25) is 19.2 Å². The summed E-state index contributed by atoms with van der Waals surface area (Å²) >= 11 is 0.250. The van der Waals surface area contributed by atoms with Gasteiger partial charge >= 0.3 is 29.6 Å². The van der Waals surface area contributed by atoms with Crippen molar-refractivity contribution in [2.24, 2.45) is 16.2 Å². The summed E-state index contributed by atoms with van der Waals surface area (Å²) in [6.07, 6.45) is 15.2. The molecule has 2 unspecified atom stereocenters. The molecule has 8 aliphatic rings. The second-order valence-electron chi connectivity index (χ2n) is 27.1. The van der Waals surface area contributed by atoms with Crippen LogP contribution in [0.25, 0.3) is 14.5 Å². The first-order valence-corrected chi connectivity index (χ1v) is 32.8. The predicted octanol–water partition coefficient (Wildman–Crippen LogP) is 9.85. The molecule has 99 heavy (non-hydrogen) atoms. The molecule has 5 aromatic rings. The topological polar surface area (TPSA) is 198 Å². The van der Waals surface area contributed by atoms with Crippen molar-refractivity contribution in [3.05, 3.63) is 277 Å². The third-order valence-corrected chi connectivity index (χ3v) is 20.2. The summed E-state index contributed by atoms with van der Waals surface area (Å²) in [5, 5.41) is 22.8. The average molecular weight is 1370 g/mol. The van der Waals surface area contributed by atoms with E-state index in [0.717, 1.165) is 63.0 Å². The number of aliphatic hydroxyl groups is 1. The van der Waals surface area contributed by atoms with Crippen molar-refractivity contribution in [1.29, 1.82) is 0 Å². The van der Waals surface area contributed by atoms with Crippen LogP contribution < -0.4 is 34.7 Å². The Labute approximate surface area is 611 Å². The number of amides is 4. The number of fused-ring (bicyclic) bond motifs is 5. The molecular weight excluding hydrogens is 1280 g/mol. The third-order valence-electron chi connectivity index (χ3n) is 20.2. The maximum atomic E-state index is 13.3. The molecule has 1 aromatic heterocycles. The molecule has 20 heteroatoms. The van der Waals surface area contributed by atoms with E-state index in [9.17, 15) is 37.8 Å². The van der Waals surface area contributed by atoms with Gasteiger partial charge in [0.05, 0.1) is 31.3 Å². The van der Waals surface area contributed by atoms with E-state index < -0.39 is 37.9 Å². The predicted molar refractivity (Wildman–Crippen MR) is 380 cm³/mol. The van der Waals surface area contributed by atoms with Crippen LogP contribution in [0.1, 0.15) is 106 Å². The minimum Gasteiger partial charge on any atom is -0.857 e. The van der Waals surface area contributed by atoms with Gasteiger partial charge in [0.2, 0.25) is 40.7 Å². The Morgan fingerprint density at radius 3 is 1.17 bits per heavy atom. The number of allylic oxidation sites excluding steroid dienone is 4. The van der Waals surface area contributed by atoms with Gasteiger partial charge in [0.25, 0.3) is 0 Å². The number of carbonyl (C=O) groups excluding carboxylic acids is 6. The van der Waals surface area contributed by atoms with Gasteiger partial charge in [-0.25, -0.2) is 14.5 Å². The molecule has 0 spiro atoms. The summed E-state index contributed by atoms with van der Waals surface area (Å²) in [5.41, 5.74) is 1.96. The Morgan fingerprint density at radius 1 is 0.515 bits per heavy atom. The Bertz CT molecular complexity index is 4180. The van der Waals surface area contributed by atoms with E-state index in [1.807, 2.05) is 153 Å². The fourth-order valence-corrected chi connectivity index (χ4v) is 15.5. The summed E-state index contributed by atoms with van der Waals surface area (Å²) < 4.78 is 25.8. The van der Waals surface area contributed by atoms with Gasteiger partial charge in [-0.2, -0.15) is 11.0 Å². The zero-order chi connectivity index (χ0) is 73.4. The number of benzene rings is 4. The molecule has 4 aliphatic carbocycles. The molecule has 13 rings (SSSR count). The molecule has 4 aliphatic heterocycles. The van der Waals surface area contributed by atoms with E-state index in [1.54, 1.807) is 81.9 Å². The smallest absolute Gasteiger partial charge is 0.857 e. The molecular formula is C79H88FN8NaO9S. The summed E-state index contributed by atoms with van der Waals surface area (Å²) in [6.45, 7) is 39.5. The van der Waals surface area contributed by atoms with Crippen molar-refractivity contribution in [2.45, 2.75) is 103 Å². The van der Waals surface area contributed by atoms with Gasteiger partial charge in [-0.1, -0.05) is 212 Å². The van der Waals surface area contributed by atoms with Gasteiger partial charge in [0, 0.05) is 109 Å². The number of carbonyl (C=O) groups is 6. The second-order valence-corrected chi connectivity index (χ2v) is 27.4. The van der Waals surface area contributed by atoms with E-state index in [0.29, 0.717) is 32.6 Å². The van der Waals surface area contributed by atoms with Crippen molar-refractivity contribution in [3.8, 4) is 0 Å². The van der Waals surface area contributed by atoms with Crippen LogP contribution in [0.3, 0.4) is 0 Å². The molecule has 4 atom stereocenters. The number of hydrogen-bond acceptors (Lipinski definition) is 11. The Balaban J connectivity index is 0.000000234. The second kappa shape index (κ2) is 30.6. The zero-order valence-electron chi connectivity index (χ0n) is 60.4. The average Bonchev–Trinajstić information content (AvgIpc) is 1.57. The molecule has 5 heterocycles. The molecule has 512 valence electrons. The van der Waals surface area contributed by atoms with E-state index >= 15 is 0 Å². The van der Waals surface area contributed by atoms with Crippen LogP contribution in [0.2, 0.25) is 0 Å². The van der Waals surface area contributed by atoms with Crippen molar-refractivity contribution >= 4 is 47.3 Å². The number of aromatic nitrogens is 1. The molecule has 4 aromatic carbocycles. The van der Waals surface area contributed by atoms with Crippen LogP contribution in [0.5, 0.6) is 0 Å². The van der Waals surface area contributed by atoms with Crippen LogP contribution in [0.4, 0.5) is 3.89 Å². The number of aliphatic hydroxyl groups excluding tert-OH is 1. The van der Waals surface area contributed by atoms with Crippen molar-refractivity contribution < 1.29 is 79.9 Å². The normalized spacial score (nSPS) is 24.5. The van der Waals surface area contributed by atoms with Crippen LogP contribution in [0.15, 0.2) is 214 Å². The summed E-state index contributed by atoms with van der Waals surface area (Å²) in [5.74, 6) is 0.482. The van der Waals surface area contributed by atoms with Crippen molar-refractivity contribution in [3.63, 3.8) is 0 Å². The molecule has 0 saturated heterocycles. The van der Waals surface area contributed by atoms with Gasteiger partial charge in [0.15, 0.2) is 11.6 Å². The van der Waals surface area contributed by atoms with Crippen LogP contribution >= 0.6 is 12.1 Å². The monoisotopic (exact) mass is 1370 g/mol. The van der Waals surface area contributed by atoms with Crippen molar-refractivity contribution in [2.75, 3.05) is 67.7 Å². The fraction of sp³-hybridized carbons (Fsp3) is 0.367. The molecule has 0 radical (unpaired) electrons. The van der Waals surface area contributed by atoms with Crippen LogP contribution in [0, 0.1) is 36.0 Å². The van der Waals surface area contributed by atoms with E-state index in [1.165, 1.54) is 6.26 Å². The number of nitrogens with zero attached hydrogens (tertiary/aromatic N) is 8. The number of likely N-dealkylation sites (N-methyl/N-ethyl adjacent to an activating group) is 4. The zero-order valence-corrected chi connectivity index (χ0v) is 61.2. The first kappa shape index (κ1) is 77.4. The number of rotatable bonds is 4. The van der Waals surface area contributed by atoms with E-state index in [2.05, 4.69) is 51.7 Å². The Kier molecular flexibility index (Phi) is 23.9. The summed E-state index contributed by atoms with van der Waals surface area (Å²) in [7, 11) is 7.89.